The fourth-order valence-electron chi connectivity index (χ4n) is 8.65. The summed E-state index contributed by atoms with van der Waals surface area (Å²) in [4.78, 5) is 13.6. The smallest absolute Gasteiger partial charge is 0.330 e. The van der Waals surface area contributed by atoms with E-state index < -0.39 is 66.3 Å². The third-order valence-corrected chi connectivity index (χ3v) is 12.7. The standard InChI is InChI=1S/C44H76O10/c1-9-15-35-39-20-19-33(10-2)16-13-11-12-14-17-36(46)31(6)37(47)25-34(51-8)26-38(48)32(7)43(50)29(4)18-21-42(49)52-41(35)27-44(53-39)23-22-28(3)40(54-44)24-30(5)45/h11-13,16,18,21,28-41,43,45-48,50H,9-10,14-15,17,19-20,22-27H2,1-8H3/b12-11+,16-13+,21-18+/t28-,29-,30+,31+,32-,33?,34+,35+,36+,37?,38+,39-,40-,41-,43+,44-/m0/s1. The zero-order valence-electron chi connectivity index (χ0n) is 34.6. The van der Waals surface area contributed by atoms with Crippen molar-refractivity contribution >= 4 is 5.97 Å². The van der Waals surface area contributed by atoms with Gasteiger partial charge in [0.25, 0.3) is 0 Å². The van der Waals surface area contributed by atoms with Crippen LogP contribution in [0.4, 0.5) is 0 Å². The number of allylic oxidation sites excluding steroid dienone is 4. The maximum absolute atomic E-state index is 13.6. The SMILES string of the molecule is CCC[C@H]1[C@@H]2C[C@@]3(CC[C@H](C)[C@H](C[C@@H](C)O)O3)O[C@H]1CCC(CC)/C=C/C=C/CC[C@@H](O)[C@@H](C)C(O)C[C@@H](OC)C[C@@H](O)[C@H](C)[C@H](O)[C@@H](C)/C=C/C(=O)O2. The van der Waals surface area contributed by atoms with Gasteiger partial charge in [-0.05, 0) is 83.0 Å². The summed E-state index contributed by atoms with van der Waals surface area (Å²) in [5, 5.41) is 54.4. The van der Waals surface area contributed by atoms with Gasteiger partial charge in [-0.2, -0.15) is 0 Å². The van der Waals surface area contributed by atoms with E-state index in [1.165, 1.54) is 13.2 Å². The van der Waals surface area contributed by atoms with Gasteiger partial charge in [-0.15, -0.1) is 0 Å². The molecule has 0 aromatic heterocycles. The maximum Gasteiger partial charge on any atom is 0.330 e. The van der Waals surface area contributed by atoms with Crippen LogP contribution in [0.1, 0.15) is 132 Å². The molecule has 54 heavy (non-hydrogen) atoms. The summed E-state index contributed by atoms with van der Waals surface area (Å²) >= 11 is 0. The van der Waals surface area contributed by atoms with Gasteiger partial charge in [0, 0.05) is 49.7 Å². The van der Waals surface area contributed by atoms with Crippen LogP contribution in [-0.4, -0.2) is 99.3 Å². The van der Waals surface area contributed by atoms with E-state index >= 15 is 0 Å². The number of hydrogen-bond donors (Lipinski definition) is 5. The number of esters is 1. The quantitative estimate of drug-likeness (QED) is 0.183. The maximum atomic E-state index is 13.6. The Hall–Kier alpha value is -1.63. The zero-order valence-corrected chi connectivity index (χ0v) is 34.6. The molecule has 0 radical (unpaired) electrons. The van der Waals surface area contributed by atoms with Crippen LogP contribution in [0.3, 0.4) is 0 Å². The average Bonchev–Trinajstić information content (AvgIpc) is 3.13. The molecular formula is C44H76O10. The number of rotatable bonds is 6. The van der Waals surface area contributed by atoms with E-state index in [1.54, 1.807) is 26.8 Å². The number of aliphatic hydroxyl groups is 5. The largest absolute Gasteiger partial charge is 0.459 e. The van der Waals surface area contributed by atoms with Crippen molar-refractivity contribution in [1.29, 1.82) is 0 Å². The molecular weight excluding hydrogens is 688 g/mol. The first-order chi connectivity index (χ1) is 25.6. The summed E-state index contributed by atoms with van der Waals surface area (Å²) in [5.74, 6) is -2.22. The number of hydrogen-bond acceptors (Lipinski definition) is 10. The van der Waals surface area contributed by atoms with Crippen molar-refractivity contribution in [3.63, 3.8) is 0 Å². The number of carbonyl (C=O) groups is 1. The molecule has 0 aromatic rings. The summed E-state index contributed by atoms with van der Waals surface area (Å²) < 4.78 is 25.7. The minimum atomic E-state index is -0.952. The molecule has 0 saturated carbocycles. The highest BCUT2D eigenvalue weighted by Crippen LogP contribution is 2.47. The Morgan fingerprint density at radius 1 is 0.889 bits per heavy atom. The van der Waals surface area contributed by atoms with Gasteiger partial charge in [0.15, 0.2) is 5.79 Å². The van der Waals surface area contributed by atoms with Gasteiger partial charge in [-0.25, -0.2) is 4.79 Å². The molecule has 5 N–H and O–H groups in total. The molecule has 312 valence electrons. The van der Waals surface area contributed by atoms with E-state index in [9.17, 15) is 30.3 Å². The van der Waals surface area contributed by atoms with Crippen LogP contribution < -0.4 is 0 Å². The lowest BCUT2D eigenvalue weighted by atomic mass is 9.78. The van der Waals surface area contributed by atoms with Crippen LogP contribution >= 0.6 is 0 Å². The first-order valence-corrected chi connectivity index (χ1v) is 21.1. The fraction of sp³-hybridized carbons (Fsp3) is 0.841. The van der Waals surface area contributed by atoms with Crippen molar-refractivity contribution in [2.75, 3.05) is 7.11 Å². The van der Waals surface area contributed by atoms with Crippen molar-refractivity contribution in [2.45, 2.75) is 193 Å². The second-order valence-corrected chi connectivity index (χ2v) is 17.1. The number of carbonyl (C=O) groups excluding carboxylic acids is 1. The molecule has 1 spiro atoms. The molecule has 16 atom stereocenters. The molecule has 10 heteroatoms. The number of methoxy groups -OCH3 is 1. The molecule has 3 rings (SSSR count). The fourth-order valence-corrected chi connectivity index (χ4v) is 8.65. The predicted molar refractivity (Wildman–Crippen MR) is 211 cm³/mol. The number of fused-ring (bicyclic) bond motifs is 2. The summed E-state index contributed by atoms with van der Waals surface area (Å²) in [6, 6.07) is 0. The summed E-state index contributed by atoms with van der Waals surface area (Å²) in [6.07, 6.45) is 14.7. The highest BCUT2D eigenvalue weighted by molar-refractivity contribution is 5.82. The predicted octanol–water partition coefficient (Wildman–Crippen LogP) is 6.80. The summed E-state index contributed by atoms with van der Waals surface area (Å²) in [6.45, 7) is 13.7. The van der Waals surface area contributed by atoms with Crippen molar-refractivity contribution in [2.24, 2.45) is 35.5 Å². The second kappa shape index (κ2) is 22.9. The van der Waals surface area contributed by atoms with Crippen LogP contribution in [0.2, 0.25) is 0 Å². The van der Waals surface area contributed by atoms with Gasteiger partial charge in [0.05, 0.1) is 48.8 Å². The Labute approximate surface area is 326 Å². The van der Waals surface area contributed by atoms with Gasteiger partial charge in [0.1, 0.15) is 6.10 Å². The van der Waals surface area contributed by atoms with Crippen LogP contribution in [0.5, 0.6) is 0 Å². The second-order valence-electron chi connectivity index (χ2n) is 17.1. The average molecular weight is 765 g/mol. The van der Waals surface area contributed by atoms with E-state index in [-0.39, 0.29) is 42.8 Å². The molecule has 0 aliphatic carbocycles. The lowest BCUT2D eigenvalue weighted by molar-refractivity contribution is -0.349. The first-order valence-electron chi connectivity index (χ1n) is 21.1. The van der Waals surface area contributed by atoms with E-state index in [0.717, 1.165) is 38.5 Å². The zero-order chi connectivity index (χ0) is 40.0. The van der Waals surface area contributed by atoms with Crippen molar-refractivity contribution < 1.29 is 49.3 Å². The highest BCUT2D eigenvalue weighted by Gasteiger charge is 2.52. The Balaban J connectivity index is 1.93. The molecule has 10 nitrogen and oxygen atoms in total. The van der Waals surface area contributed by atoms with E-state index in [2.05, 4.69) is 32.9 Å². The molecule has 0 aromatic carbocycles. The molecule has 2 bridgehead atoms. The molecule has 0 amide bonds. The Kier molecular flexibility index (Phi) is 19.9. The van der Waals surface area contributed by atoms with Crippen molar-refractivity contribution in [3.8, 4) is 0 Å². The molecule has 3 aliphatic rings. The van der Waals surface area contributed by atoms with Crippen molar-refractivity contribution in [3.05, 3.63) is 36.5 Å². The number of aliphatic hydroxyl groups excluding tert-OH is 5. The lowest BCUT2D eigenvalue weighted by Crippen LogP contribution is -2.57. The third kappa shape index (κ3) is 14.1. The molecule has 2 unspecified atom stereocenters. The van der Waals surface area contributed by atoms with Crippen LogP contribution in [0.25, 0.3) is 0 Å². The monoisotopic (exact) mass is 765 g/mol. The van der Waals surface area contributed by atoms with Gasteiger partial charge in [-0.1, -0.05) is 78.3 Å². The van der Waals surface area contributed by atoms with E-state index in [4.69, 9.17) is 18.9 Å². The molecule has 3 aliphatic heterocycles. The summed E-state index contributed by atoms with van der Waals surface area (Å²) in [5.41, 5.74) is 0. The molecule has 3 heterocycles. The highest BCUT2D eigenvalue weighted by atomic mass is 16.7. The third-order valence-electron chi connectivity index (χ3n) is 12.7. The van der Waals surface area contributed by atoms with Gasteiger partial charge in [0.2, 0.25) is 0 Å². The minimum absolute atomic E-state index is 0.0182. The topological polar surface area (TPSA) is 155 Å². The lowest BCUT2D eigenvalue weighted by Gasteiger charge is -2.52. The van der Waals surface area contributed by atoms with Gasteiger partial charge < -0.3 is 44.5 Å². The molecule has 2 saturated heterocycles. The normalized spacial score (nSPS) is 43.8. The van der Waals surface area contributed by atoms with Gasteiger partial charge >= 0.3 is 5.97 Å². The first kappa shape index (κ1) is 46.8. The van der Waals surface area contributed by atoms with Gasteiger partial charge in [-0.3, -0.25) is 0 Å². The Morgan fingerprint density at radius 2 is 1.59 bits per heavy atom. The van der Waals surface area contributed by atoms with E-state index in [0.29, 0.717) is 38.0 Å². The summed E-state index contributed by atoms with van der Waals surface area (Å²) in [7, 11) is 1.53. The Bertz CT molecular complexity index is 1170. The Morgan fingerprint density at radius 3 is 2.24 bits per heavy atom. The minimum Gasteiger partial charge on any atom is -0.459 e. The van der Waals surface area contributed by atoms with Crippen LogP contribution in [0, 0.1) is 35.5 Å². The van der Waals surface area contributed by atoms with Crippen LogP contribution in [0.15, 0.2) is 36.5 Å². The number of ether oxygens (including phenoxy) is 4. The molecule has 2 fully saturated rings. The van der Waals surface area contributed by atoms with Crippen molar-refractivity contribution in [1.82, 2.24) is 0 Å². The van der Waals surface area contributed by atoms with Crippen LogP contribution in [-0.2, 0) is 23.7 Å². The van der Waals surface area contributed by atoms with E-state index in [1.807, 2.05) is 19.1 Å².